The number of guanidine groups is 4. The van der Waals surface area contributed by atoms with Crippen molar-refractivity contribution in [3.05, 3.63) is 209 Å². The maximum absolute atomic E-state index is 12.0. The summed E-state index contributed by atoms with van der Waals surface area (Å²) in [6.07, 6.45) is 14.9. The Morgan fingerprint density at radius 3 is 1.48 bits per heavy atom. The van der Waals surface area contributed by atoms with E-state index in [1.165, 1.54) is 0 Å². The number of anilines is 1. The fourth-order valence-corrected chi connectivity index (χ4v) is 19.7. The van der Waals surface area contributed by atoms with Gasteiger partial charge in [-0.25, -0.2) is 25.0 Å². The number of fused-ring (bicyclic) bond motifs is 6. The van der Waals surface area contributed by atoms with Crippen LogP contribution in [0.4, 0.5) is 5.95 Å². The summed E-state index contributed by atoms with van der Waals surface area (Å²) in [5, 5.41) is 29.3. The number of aromatic amines is 9. The van der Waals surface area contributed by atoms with Gasteiger partial charge in [0.1, 0.15) is 63.0 Å². The van der Waals surface area contributed by atoms with Gasteiger partial charge in [-0.05, 0) is 242 Å². The number of nitrogens with two attached hydrogens (primary N) is 6. The topological polar surface area (TPSA) is 735 Å². The minimum absolute atomic E-state index is 0.0139. The summed E-state index contributed by atoms with van der Waals surface area (Å²) in [6.45, 7) is 8.74. The number of ether oxygens (including phenoxy) is 4. The van der Waals surface area contributed by atoms with Crippen LogP contribution >= 0.6 is 178 Å². The summed E-state index contributed by atoms with van der Waals surface area (Å²) in [4.78, 5) is 188. The van der Waals surface area contributed by atoms with E-state index >= 15 is 0 Å². The number of amides is 11. The van der Waals surface area contributed by atoms with Crippen molar-refractivity contribution in [1.29, 1.82) is 0 Å². The Labute approximate surface area is 906 Å². The Balaban J connectivity index is 0.000000137. The average Bonchev–Trinajstić information content (AvgIpc) is 1.62. The van der Waals surface area contributed by atoms with Crippen LogP contribution < -0.4 is 92.9 Å². The molecule has 144 heavy (non-hydrogen) atoms. The number of H-pyrrole nitrogens is 9. The normalized spacial score (nSPS) is 20.2. The van der Waals surface area contributed by atoms with E-state index in [1.54, 1.807) is 56.0 Å². The molecule has 9 aromatic heterocycles. The third-order valence-electron chi connectivity index (χ3n) is 22.2. The number of aromatic nitrogens is 10. The van der Waals surface area contributed by atoms with E-state index < -0.39 is 15.6 Å². The molecular formula is C85H89Br9Cl3N31O16. The Bertz CT molecular complexity index is 6600. The number of imidazole rings is 1. The molecule has 12 aliphatic rings. The largest absolute Gasteiger partial charge is 0.370 e. The molecule has 3 atom stereocenters. The highest BCUT2D eigenvalue weighted by Crippen LogP contribution is 2.43. The number of nitrogen functional groups attached to an aromatic ring is 1. The van der Waals surface area contributed by atoms with Crippen LogP contribution in [0.25, 0.3) is 22.8 Å². The molecule has 2 fully saturated rings. The third kappa shape index (κ3) is 27.0. The SMILES string of the molecule is Cc1[nH]c(C(=O)C(Cl)(Cl)Cl)cc1Br.NC1=N/C(=C2/CCNC(=O)c3[nH]c(Br)c(Br)c32)C(=O)N1.NC1=N/C(=C2/CCNC(=O)c3[nH]ccc32)C(=O)N1.NC1=N/C(=C2/CCNC(=O)c3[nH]ccc32)C(=O)N1.NC1=NC(C2CCNC(=O)c3[nH]ccc32)C(=O)N1.NCCC1OCCO1.Nc1ncc(C2CCNC(=O)c3[nH]c(Br)c(Br)c32)[nH]1.O=C(NCCC1OCCO1)c1cc(Br)c(Br)[nH]1.O=C1NCC=Cc2c1[nH]c(Br)c2Br. The van der Waals surface area contributed by atoms with Crippen LogP contribution in [0, 0.1) is 6.92 Å². The monoisotopic (exact) mass is 2610 g/mol. The number of nitrogens with zero attached hydrogens (tertiary/aromatic N) is 5. The molecule has 47 nitrogen and oxygen atoms in total. The van der Waals surface area contributed by atoms with Crippen LogP contribution in [0.5, 0.6) is 0 Å². The number of alkyl halides is 3. The molecule has 11 amide bonds. The van der Waals surface area contributed by atoms with E-state index in [2.05, 4.69) is 272 Å². The number of ketones is 1. The highest BCUT2D eigenvalue weighted by atomic mass is 79.9. The van der Waals surface area contributed by atoms with Crippen LogP contribution in [0.15, 0.2) is 139 Å². The Morgan fingerprint density at radius 1 is 0.493 bits per heavy atom. The van der Waals surface area contributed by atoms with E-state index in [0.29, 0.717) is 175 Å². The van der Waals surface area contributed by atoms with Crippen molar-refractivity contribution in [2.24, 2.45) is 48.6 Å². The lowest BCUT2D eigenvalue weighted by Gasteiger charge is -2.17. The molecule has 9 aromatic rings. The highest BCUT2D eigenvalue weighted by Gasteiger charge is 2.40. The zero-order valence-corrected chi connectivity index (χ0v) is 91.5. The molecule has 0 spiro atoms. The second kappa shape index (κ2) is 49.9. The lowest BCUT2D eigenvalue weighted by atomic mass is 9.89. The molecule has 0 radical (unpaired) electrons. The van der Waals surface area contributed by atoms with Crippen molar-refractivity contribution >= 4 is 302 Å². The summed E-state index contributed by atoms with van der Waals surface area (Å²) in [7, 11) is 0. The Morgan fingerprint density at radius 2 is 0.972 bits per heavy atom. The molecule has 2 saturated heterocycles. The van der Waals surface area contributed by atoms with Gasteiger partial charge in [0.05, 0.1) is 74.6 Å². The van der Waals surface area contributed by atoms with Crippen LogP contribution in [-0.2, 0) is 38.1 Å². The van der Waals surface area contributed by atoms with Gasteiger partial charge in [0, 0.05) is 133 Å². The quantitative estimate of drug-likeness (QED) is 0.0367. The summed E-state index contributed by atoms with van der Waals surface area (Å²) >= 11 is 46.5. The number of Topliss-reactive ketones (excluding diaryl/α,β-unsaturated/α-hetero) is 1. The van der Waals surface area contributed by atoms with Gasteiger partial charge in [-0.2, -0.15) is 0 Å². The number of hydrogen-bond acceptors (Lipinski definition) is 27. The lowest BCUT2D eigenvalue weighted by Crippen LogP contribution is -2.35. The van der Waals surface area contributed by atoms with Crippen molar-refractivity contribution < 1.29 is 76.5 Å². The van der Waals surface area contributed by atoms with Crippen molar-refractivity contribution in [3.63, 3.8) is 0 Å². The van der Waals surface area contributed by atoms with Gasteiger partial charge in [-0.15, -0.1) is 0 Å². The number of halogens is 12. The maximum Gasteiger partial charge on any atom is 0.277 e. The molecule has 21 heterocycles. The molecule has 59 heteroatoms. The Kier molecular flexibility index (Phi) is 38.1. The van der Waals surface area contributed by atoms with Gasteiger partial charge in [-0.1, -0.05) is 47.0 Å². The average molecular weight is 2630 g/mol. The molecule has 0 aromatic carbocycles. The first kappa shape index (κ1) is 110. The molecular weight excluding hydrogens is 2540 g/mol. The zero-order chi connectivity index (χ0) is 104. The van der Waals surface area contributed by atoms with E-state index in [1.807, 2.05) is 18.2 Å². The van der Waals surface area contributed by atoms with E-state index in [-0.39, 0.29) is 136 Å². The first-order chi connectivity index (χ1) is 68.7. The molecule has 21 rings (SSSR count). The number of carbonyl (C=O) groups is 12. The van der Waals surface area contributed by atoms with Gasteiger partial charge in [0.15, 0.2) is 24.5 Å². The van der Waals surface area contributed by atoms with Crippen LogP contribution in [0.3, 0.4) is 0 Å². The first-order valence-corrected chi connectivity index (χ1v) is 51.6. The van der Waals surface area contributed by atoms with Gasteiger partial charge < -0.3 is 135 Å². The second-order valence-electron chi connectivity index (χ2n) is 31.6. The standard InChI is InChI=1S/C11H9Br2N5O2.C11H11Br2N5O.C11H13N5O2.2C11H11N5O2.C10H12Br2N2O3.C8H6Br2N2O.C7H5BrCl3NO.C5H11NO2/c12-5-4-3(6-10(20)18-11(14)17-6)1-2-15-9(19)7(4)16-8(5)13;12-7-6-4(5-3-16-11(14)17-5)1-2-15-10(19)8(6)18-9(7)13;3*12-11-15-8(10(18)16-11)6-2-4-14-9(17)7-5(6)1-3-13-7;11-6-5-7(14-9(6)12)10(15)13-2-1-8-16-3-4-17-8;9-5-4-2-1-3-11-8(13)6(4)12-7(5)10;1-3-4(8)2-5(12-3)6(13)7(9,10)11;6-2-1-5-7-3-4-8-5/h16H,1-2H2,(H,15,19)(H3,14,17,18,20);3-4,18H,1-2H2,(H,15,19)(H3,14,16,17);1,3,6,8,13H,2,4H2,(H,14,17)(H3,12,15,16,18);2*1,3,13H,2,4H2,(H,14,17)(H3,12,15,16,18);5,8,14H,1-4H2,(H,13,15);1-2,12H,3H2,(H,11,13);2,12H,1H3;5H,1-4,6H2/b6-3-;;;2*8-6-;;;;. The molecule has 12 aliphatic heterocycles. The summed E-state index contributed by atoms with van der Waals surface area (Å²) < 4.78 is 25.8. The fourth-order valence-electron chi connectivity index (χ4n) is 15.7. The number of carbonyl (C=O) groups excluding carboxylic acids is 12. The zero-order valence-electron chi connectivity index (χ0n) is 74.9. The number of aliphatic imine (C=N–C) groups is 4. The van der Waals surface area contributed by atoms with Crippen LogP contribution in [-0.4, -0.2) is 246 Å². The molecule has 3 unspecified atom stereocenters. The van der Waals surface area contributed by atoms with Crippen molar-refractivity contribution in [2.75, 3.05) is 84.5 Å². The predicted octanol–water partition coefficient (Wildman–Crippen LogP) is 8.27. The summed E-state index contributed by atoms with van der Waals surface area (Å²) in [6, 6.07) is 8.11. The molecule has 0 bridgehead atoms. The summed E-state index contributed by atoms with van der Waals surface area (Å²) in [5.41, 5.74) is 45.9. The van der Waals surface area contributed by atoms with E-state index in [0.717, 1.165) is 97.0 Å². The first-order valence-electron chi connectivity index (χ1n) is 43.3. The smallest absolute Gasteiger partial charge is 0.277 e. The highest BCUT2D eigenvalue weighted by molar-refractivity contribution is 9.14. The number of hydrogen-bond donors (Lipinski definition) is 26. The van der Waals surface area contributed by atoms with Crippen molar-refractivity contribution in [3.8, 4) is 0 Å². The minimum atomic E-state index is -1.91. The number of nitrogens with one attached hydrogen (secondary N) is 20. The molecule has 32 N–H and O–H groups in total. The van der Waals surface area contributed by atoms with Gasteiger partial charge >= 0.3 is 0 Å². The number of aryl methyl sites for hydroxylation is 1. The van der Waals surface area contributed by atoms with E-state index in [9.17, 15) is 57.5 Å². The number of rotatable bonds is 9. The molecule has 0 saturated carbocycles. The van der Waals surface area contributed by atoms with Gasteiger partial charge in [-0.3, -0.25) is 78.8 Å². The van der Waals surface area contributed by atoms with Gasteiger partial charge in [0.2, 0.25) is 23.7 Å². The van der Waals surface area contributed by atoms with E-state index in [4.69, 9.17) is 88.2 Å². The fraction of sp³-hybridized carbons (Fsp3) is 0.306. The minimum Gasteiger partial charge on any atom is -0.370 e. The third-order valence-corrected chi connectivity index (χ3v) is 31.1. The Hall–Kier alpha value is -11.1. The van der Waals surface area contributed by atoms with Crippen molar-refractivity contribution in [1.82, 2.24) is 108 Å². The van der Waals surface area contributed by atoms with Gasteiger partial charge in [0.25, 0.3) is 68.8 Å². The van der Waals surface area contributed by atoms with Crippen LogP contribution in [0.1, 0.15) is 185 Å². The molecule has 764 valence electrons. The van der Waals surface area contributed by atoms with Crippen LogP contribution in [0.2, 0.25) is 0 Å². The maximum atomic E-state index is 12.0. The predicted molar refractivity (Wildman–Crippen MR) is 564 cm³/mol. The summed E-state index contributed by atoms with van der Waals surface area (Å²) in [5.74, 6) is -2.18. The van der Waals surface area contributed by atoms with Crippen molar-refractivity contribution in [2.45, 2.75) is 86.1 Å². The molecule has 0 aliphatic carbocycles. The lowest BCUT2D eigenvalue weighted by molar-refractivity contribution is -0.120. The second-order valence-corrected chi connectivity index (χ2v) is 41.1.